The van der Waals surface area contributed by atoms with Crippen LogP contribution in [0.4, 0.5) is 0 Å². The van der Waals surface area contributed by atoms with Crippen LogP contribution in [-0.4, -0.2) is 16.7 Å². The third kappa shape index (κ3) is 2.32. The van der Waals surface area contributed by atoms with Gasteiger partial charge in [0.25, 0.3) is 0 Å². The summed E-state index contributed by atoms with van der Waals surface area (Å²) in [6.07, 6.45) is 6.44. The Morgan fingerprint density at radius 1 is 1.32 bits per heavy atom. The van der Waals surface area contributed by atoms with Crippen LogP contribution in [0.25, 0.3) is 11.0 Å². The lowest BCUT2D eigenvalue weighted by Crippen LogP contribution is -2.14. The van der Waals surface area contributed by atoms with Crippen molar-refractivity contribution in [3.63, 3.8) is 0 Å². The molecule has 3 nitrogen and oxygen atoms in total. The highest BCUT2D eigenvalue weighted by Gasteiger charge is 2.21. The van der Waals surface area contributed by atoms with Gasteiger partial charge in [0, 0.05) is 12.1 Å². The topological polar surface area (TPSA) is 27.1 Å². The molecule has 102 valence electrons. The Morgan fingerprint density at radius 2 is 2.11 bits per heavy atom. The fourth-order valence-electron chi connectivity index (χ4n) is 3.10. The number of ether oxygens (including phenoxy) is 1. The van der Waals surface area contributed by atoms with Crippen molar-refractivity contribution < 1.29 is 4.74 Å². The number of hydrogen-bond donors (Lipinski definition) is 0. The van der Waals surface area contributed by atoms with Crippen LogP contribution < -0.4 is 4.74 Å². The first-order chi connectivity index (χ1) is 9.33. The summed E-state index contributed by atoms with van der Waals surface area (Å²) in [6.45, 7) is 0. The van der Waals surface area contributed by atoms with Crippen LogP contribution in [0.15, 0.2) is 18.2 Å². The van der Waals surface area contributed by atoms with E-state index in [1.165, 1.54) is 37.6 Å². The predicted octanol–water partition coefficient (Wildman–Crippen LogP) is 4.29. The minimum Gasteiger partial charge on any atom is -0.497 e. The molecule has 0 aliphatic heterocycles. The van der Waals surface area contributed by atoms with Gasteiger partial charge in [0.15, 0.2) is 0 Å². The molecule has 0 bridgehead atoms. The summed E-state index contributed by atoms with van der Waals surface area (Å²) in [7, 11) is 1.68. The van der Waals surface area contributed by atoms with Crippen LogP contribution >= 0.6 is 11.6 Å². The molecule has 1 fully saturated rings. The molecule has 0 radical (unpaired) electrons. The van der Waals surface area contributed by atoms with Gasteiger partial charge in [0.05, 0.1) is 24.0 Å². The van der Waals surface area contributed by atoms with E-state index in [2.05, 4.69) is 15.6 Å². The molecule has 3 rings (SSSR count). The lowest BCUT2D eigenvalue weighted by Gasteiger charge is -2.25. The lowest BCUT2D eigenvalue weighted by atomic mass is 9.95. The molecule has 0 unspecified atom stereocenters. The molecular formula is C15H19ClN2O. The molecule has 0 amide bonds. The van der Waals surface area contributed by atoms with Crippen molar-refractivity contribution in [3.05, 3.63) is 24.0 Å². The number of aromatic nitrogens is 2. The van der Waals surface area contributed by atoms with Crippen molar-refractivity contribution in [3.8, 4) is 5.75 Å². The fraction of sp³-hybridized carbons (Fsp3) is 0.533. The molecular weight excluding hydrogens is 260 g/mol. The molecule has 2 aromatic rings. The van der Waals surface area contributed by atoms with Crippen LogP contribution in [0.2, 0.25) is 0 Å². The van der Waals surface area contributed by atoms with Gasteiger partial charge in [-0.15, -0.1) is 11.6 Å². The molecule has 0 N–H and O–H groups in total. The van der Waals surface area contributed by atoms with E-state index in [9.17, 15) is 0 Å². The summed E-state index contributed by atoms with van der Waals surface area (Å²) in [5.74, 6) is 2.30. The van der Waals surface area contributed by atoms with Crippen LogP contribution in [0.5, 0.6) is 5.75 Å². The highest BCUT2D eigenvalue weighted by Crippen LogP contribution is 2.33. The van der Waals surface area contributed by atoms with Crippen LogP contribution in [0, 0.1) is 0 Å². The van der Waals surface area contributed by atoms with Crippen molar-refractivity contribution in [2.24, 2.45) is 0 Å². The standard InChI is InChI=1S/C15H19ClN2O/c1-19-12-7-8-14-13(9-12)17-15(10-16)18(14)11-5-3-2-4-6-11/h7-9,11H,2-6,10H2,1H3. The molecule has 1 saturated carbocycles. The van der Waals surface area contributed by atoms with Gasteiger partial charge in [-0.3, -0.25) is 0 Å². The number of alkyl halides is 1. The van der Waals surface area contributed by atoms with Gasteiger partial charge < -0.3 is 9.30 Å². The maximum atomic E-state index is 6.08. The van der Waals surface area contributed by atoms with E-state index in [1.54, 1.807) is 7.11 Å². The minimum absolute atomic E-state index is 0.466. The molecule has 1 aromatic carbocycles. The minimum atomic E-state index is 0.466. The van der Waals surface area contributed by atoms with Gasteiger partial charge in [0.1, 0.15) is 11.6 Å². The Morgan fingerprint density at radius 3 is 2.79 bits per heavy atom. The summed E-state index contributed by atoms with van der Waals surface area (Å²) < 4.78 is 7.62. The third-order valence-electron chi connectivity index (χ3n) is 4.03. The number of imidazole rings is 1. The molecule has 0 atom stereocenters. The second kappa shape index (κ2) is 5.41. The summed E-state index contributed by atoms with van der Waals surface area (Å²) in [4.78, 5) is 4.67. The Kier molecular flexibility index (Phi) is 3.65. The molecule has 1 aliphatic carbocycles. The van der Waals surface area contributed by atoms with Gasteiger partial charge in [-0.1, -0.05) is 19.3 Å². The SMILES string of the molecule is COc1ccc2c(c1)nc(CCl)n2C1CCCCC1. The zero-order chi connectivity index (χ0) is 13.2. The van der Waals surface area contributed by atoms with E-state index in [-0.39, 0.29) is 0 Å². The Balaban J connectivity index is 2.09. The smallest absolute Gasteiger partial charge is 0.125 e. The maximum Gasteiger partial charge on any atom is 0.125 e. The highest BCUT2D eigenvalue weighted by molar-refractivity contribution is 6.16. The number of methoxy groups -OCH3 is 1. The number of hydrogen-bond acceptors (Lipinski definition) is 2. The molecule has 19 heavy (non-hydrogen) atoms. The molecule has 0 saturated heterocycles. The largest absolute Gasteiger partial charge is 0.497 e. The summed E-state index contributed by atoms with van der Waals surface area (Å²) in [5.41, 5.74) is 2.17. The summed E-state index contributed by atoms with van der Waals surface area (Å²) >= 11 is 6.08. The molecule has 0 spiro atoms. The highest BCUT2D eigenvalue weighted by atomic mass is 35.5. The molecule has 4 heteroatoms. The lowest BCUT2D eigenvalue weighted by molar-refractivity contribution is 0.354. The second-order valence-corrected chi connectivity index (χ2v) is 5.45. The number of nitrogens with zero attached hydrogens (tertiary/aromatic N) is 2. The maximum absolute atomic E-state index is 6.08. The van der Waals surface area contributed by atoms with Crippen molar-refractivity contribution in [2.75, 3.05) is 7.11 Å². The van der Waals surface area contributed by atoms with Crippen molar-refractivity contribution >= 4 is 22.6 Å². The Labute approximate surface area is 118 Å². The number of rotatable bonds is 3. The number of halogens is 1. The first kappa shape index (κ1) is 12.8. The summed E-state index contributed by atoms with van der Waals surface area (Å²) in [5, 5.41) is 0. The monoisotopic (exact) mass is 278 g/mol. The Hall–Kier alpha value is -1.22. The quantitative estimate of drug-likeness (QED) is 0.783. The van der Waals surface area contributed by atoms with Gasteiger partial charge in [-0.2, -0.15) is 0 Å². The first-order valence-electron chi connectivity index (χ1n) is 6.94. The normalized spacial score (nSPS) is 16.9. The Bertz CT molecular complexity index is 573. The van der Waals surface area contributed by atoms with E-state index in [4.69, 9.17) is 16.3 Å². The number of benzene rings is 1. The van der Waals surface area contributed by atoms with Crippen LogP contribution in [0.1, 0.15) is 44.0 Å². The van der Waals surface area contributed by atoms with Gasteiger partial charge in [0.2, 0.25) is 0 Å². The van der Waals surface area contributed by atoms with Crippen molar-refractivity contribution in [1.29, 1.82) is 0 Å². The van der Waals surface area contributed by atoms with E-state index < -0.39 is 0 Å². The fourth-order valence-corrected chi connectivity index (χ4v) is 3.28. The van der Waals surface area contributed by atoms with Gasteiger partial charge >= 0.3 is 0 Å². The average Bonchev–Trinajstić information content (AvgIpc) is 2.85. The van der Waals surface area contributed by atoms with Crippen molar-refractivity contribution in [1.82, 2.24) is 9.55 Å². The first-order valence-corrected chi connectivity index (χ1v) is 7.47. The van der Waals surface area contributed by atoms with E-state index in [1.807, 2.05) is 12.1 Å². The van der Waals surface area contributed by atoms with Crippen LogP contribution in [0.3, 0.4) is 0 Å². The zero-order valence-corrected chi connectivity index (χ0v) is 12.0. The van der Waals surface area contributed by atoms with Gasteiger partial charge in [-0.25, -0.2) is 4.98 Å². The van der Waals surface area contributed by atoms with Crippen molar-refractivity contribution in [2.45, 2.75) is 44.0 Å². The average molecular weight is 279 g/mol. The van der Waals surface area contributed by atoms with E-state index in [0.29, 0.717) is 11.9 Å². The predicted molar refractivity (Wildman–Crippen MR) is 78.0 cm³/mol. The zero-order valence-electron chi connectivity index (χ0n) is 11.2. The van der Waals surface area contributed by atoms with Gasteiger partial charge in [-0.05, 0) is 25.0 Å². The third-order valence-corrected chi connectivity index (χ3v) is 4.27. The van der Waals surface area contributed by atoms with E-state index >= 15 is 0 Å². The van der Waals surface area contributed by atoms with Crippen LogP contribution in [-0.2, 0) is 5.88 Å². The number of fused-ring (bicyclic) bond motifs is 1. The summed E-state index contributed by atoms with van der Waals surface area (Å²) in [6, 6.07) is 6.65. The van der Waals surface area contributed by atoms with E-state index in [0.717, 1.165) is 17.1 Å². The molecule has 1 aliphatic rings. The second-order valence-electron chi connectivity index (χ2n) is 5.18. The molecule has 1 heterocycles. The molecule has 1 aromatic heterocycles.